The van der Waals surface area contributed by atoms with Gasteiger partial charge in [0.1, 0.15) is 5.82 Å². The zero-order chi connectivity index (χ0) is 17.8. The molecule has 0 spiro atoms. The van der Waals surface area contributed by atoms with Crippen LogP contribution in [0.1, 0.15) is 28.9 Å². The predicted octanol–water partition coefficient (Wildman–Crippen LogP) is 3.25. The minimum absolute atomic E-state index is 0.120. The number of aliphatic hydroxyl groups is 1. The molecule has 1 fully saturated rings. The van der Waals surface area contributed by atoms with E-state index in [1.165, 1.54) is 0 Å². The van der Waals surface area contributed by atoms with Crippen LogP contribution in [-0.4, -0.2) is 40.4 Å². The van der Waals surface area contributed by atoms with Crippen LogP contribution in [0.3, 0.4) is 0 Å². The Labute approximate surface area is 151 Å². The highest BCUT2D eigenvalue weighted by atomic mass is 35.5. The van der Waals surface area contributed by atoms with E-state index in [9.17, 15) is 9.90 Å². The molecule has 2 heterocycles. The number of halogens is 1. The summed E-state index contributed by atoms with van der Waals surface area (Å²) in [5.74, 6) is -0.263. The highest BCUT2D eigenvalue weighted by molar-refractivity contribution is 6.33. The smallest absolute Gasteiger partial charge is 0.356 e. The van der Waals surface area contributed by atoms with E-state index in [4.69, 9.17) is 16.7 Å². The number of hydrogen-bond donors (Lipinski definition) is 2. The average molecular weight is 361 g/mol. The summed E-state index contributed by atoms with van der Waals surface area (Å²) in [6.07, 6.45) is 1.99. The molecule has 5 nitrogen and oxygen atoms in total. The predicted molar refractivity (Wildman–Crippen MR) is 97.3 cm³/mol. The Hall–Kier alpha value is -2.11. The number of carboxylic acids is 1. The maximum Gasteiger partial charge on any atom is 0.356 e. The number of rotatable bonds is 5. The van der Waals surface area contributed by atoms with Crippen LogP contribution < -0.4 is 4.90 Å². The van der Waals surface area contributed by atoms with Crippen molar-refractivity contribution >= 4 is 23.4 Å². The van der Waals surface area contributed by atoms with Crippen molar-refractivity contribution < 1.29 is 15.0 Å². The van der Waals surface area contributed by atoms with Gasteiger partial charge in [-0.15, -0.1) is 0 Å². The Morgan fingerprint density at radius 1 is 1.20 bits per heavy atom. The number of carbonyl (C=O) groups is 1. The fraction of sp³-hybridized carbons (Fsp3) is 0.368. The maximum atomic E-state index is 11.2. The molecule has 0 unspecified atom stereocenters. The Balaban J connectivity index is 1.60. The number of aromatic carboxylic acids is 1. The summed E-state index contributed by atoms with van der Waals surface area (Å²) in [4.78, 5) is 17.4. The van der Waals surface area contributed by atoms with Gasteiger partial charge in [-0.25, -0.2) is 9.78 Å². The minimum atomic E-state index is -1.12. The van der Waals surface area contributed by atoms with Crippen LogP contribution in [0.4, 0.5) is 5.82 Å². The fourth-order valence-corrected chi connectivity index (χ4v) is 3.48. The van der Waals surface area contributed by atoms with Crippen LogP contribution in [0.2, 0.25) is 5.02 Å². The van der Waals surface area contributed by atoms with Gasteiger partial charge >= 0.3 is 5.97 Å². The first-order valence-corrected chi connectivity index (χ1v) is 8.79. The van der Waals surface area contributed by atoms with E-state index in [1.807, 2.05) is 30.3 Å². The molecule has 2 N–H and O–H groups in total. The number of aromatic nitrogens is 1. The van der Waals surface area contributed by atoms with Crippen molar-refractivity contribution in [3.05, 3.63) is 58.7 Å². The molecule has 0 saturated carbocycles. The van der Waals surface area contributed by atoms with Gasteiger partial charge in [0.25, 0.3) is 0 Å². The van der Waals surface area contributed by atoms with Crippen LogP contribution in [0.25, 0.3) is 0 Å². The minimum Gasteiger partial charge on any atom is -0.476 e. The van der Waals surface area contributed by atoms with Crippen LogP contribution in [0.5, 0.6) is 0 Å². The van der Waals surface area contributed by atoms with Gasteiger partial charge < -0.3 is 15.1 Å². The van der Waals surface area contributed by atoms with Gasteiger partial charge in [0.2, 0.25) is 0 Å². The van der Waals surface area contributed by atoms with E-state index in [2.05, 4.69) is 9.88 Å². The molecule has 2 aromatic rings. The molecule has 0 aliphatic carbocycles. The Bertz CT molecular complexity index is 731. The first-order valence-electron chi connectivity index (χ1n) is 8.41. The summed E-state index contributed by atoms with van der Waals surface area (Å²) >= 11 is 5.88. The SMILES string of the molecule is O=C(O)c1nc(N2CCC([C@@H](O)Cc3ccccc3)CC2)ccc1Cl. The number of benzene rings is 1. The zero-order valence-corrected chi connectivity index (χ0v) is 14.6. The van der Waals surface area contributed by atoms with Crippen LogP contribution in [-0.2, 0) is 6.42 Å². The highest BCUT2D eigenvalue weighted by Crippen LogP contribution is 2.27. The molecule has 0 amide bonds. The fourth-order valence-electron chi connectivity index (χ4n) is 3.29. The van der Waals surface area contributed by atoms with Crippen molar-refractivity contribution in [2.24, 2.45) is 5.92 Å². The highest BCUT2D eigenvalue weighted by Gasteiger charge is 2.26. The molecule has 132 valence electrons. The van der Waals surface area contributed by atoms with Gasteiger partial charge in [-0.2, -0.15) is 0 Å². The standard InChI is InChI=1S/C19H21ClN2O3/c20-15-6-7-17(21-18(15)19(24)25)22-10-8-14(9-11-22)16(23)12-13-4-2-1-3-5-13/h1-7,14,16,23H,8-12H2,(H,24,25)/t16-/m0/s1. The van der Waals surface area contributed by atoms with E-state index >= 15 is 0 Å². The molecule has 1 aromatic carbocycles. The molecule has 1 aliphatic rings. The van der Waals surface area contributed by atoms with E-state index in [1.54, 1.807) is 12.1 Å². The van der Waals surface area contributed by atoms with Gasteiger partial charge in [-0.1, -0.05) is 41.9 Å². The third-order valence-electron chi connectivity index (χ3n) is 4.73. The molecule has 6 heteroatoms. The maximum absolute atomic E-state index is 11.2. The van der Waals surface area contributed by atoms with Gasteiger partial charge in [0, 0.05) is 13.1 Å². The van der Waals surface area contributed by atoms with Crippen molar-refractivity contribution in [2.75, 3.05) is 18.0 Å². The lowest BCUT2D eigenvalue weighted by atomic mass is 9.88. The number of anilines is 1. The van der Waals surface area contributed by atoms with Crippen molar-refractivity contribution in [3.8, 4) is 0 Å². The second-order valence-corrected chi connectivity index (χ2v) is 6.79. The van der Waals surface area contributed by atoms with Crippen LogP contribution >= 0.6 is 11.6 Å². The first kappa shape index (κ1) is 17.7. The van der Waals surface area contributed by atoms with Gasteiger partial charge in [0.15, 0.2) is 5.69 Å². The van der Waals surface area contributed by atoms with E-state index in [-0.39, 0.29) is 22.7 Å². The van der Waals surface area contributed by atoms with E-state index < -0.39 is 5.97 Å². The van der Waals surface area contributed by atoms with Crippen molar-refractivity contribution in [1.82, 2.24) is 4.98 Å². The van der Waals surface area contributed by atoms with Crippen LogP contribution in [0, 0.1) is 5.92 Å². The summed E-state index contributed by atoms with van der Waals surface area (Å²) in [6, 6.07) is 13.3. The second-order valence-electron chi connectivity index (χ2n) is 6.39. The summed E-state index contributed by atoms with van der Waals surface area (Å²) in [6.45, 7) is 1.48. The van der Waals surface area contributed by atoms with Crippen molar-refractivity contribution in [2.45, 2.75) is 25.4 Å². The molecule has 1 saturated heterocycles. The number of nitrogens with zero attached hydrogens (tertiary/aromatic N) is 2. The van der Waals surface area contributed by atoms with Crippen LogP contribution in [0.15, 0.2) is 42.5 Å². The Kier molecular flexibility index (Phi) is 5.56. The lowest BCUT2D eigenvalue weighted by Gasteiger charge is -2.35. The number of hydrogen-bond acceptors (Lipinski definition) is 4. The lowest BCUT2D eigenvalue weighted by molar-refractivity contribution is 0.0691. The number of pyridine rings is 1. The molecule has 0 bridgehead atoms. The van der Waals surface area contributed by atoms with Crippen molar-refractivity contribution in [1.29, 1.82) is 0 Å². The van der Waals surface area contributed by atoms with Gasteiger partial charge in [-0.05, 0) is 42.9 Å². The Morgan fingerprint density at radius 3 is 2.52 bits per heavy atom. The average Bonchev–Trinajstić information content (AvgIpc) is 2.63. The quantitative estimate of drug-likeness (QED) is 0.856. The normalized spacial score (nSPS) is 16.6. The largest absolute Gasteiger partial charge is 0.476 e. The molecule has 1 aromatic heterocycles. The molecular weight excluding hydrogens is 340 g/mol. The van der Waals surface area contributed by atoms with Gasteiger partial charge in [0.05, 0.1) is 11.1 Å². The Morgan fingerprint density at radius 2 is 1.88 bits per heavy atom. The number of piperidine rings is 1. The molecule has 25 heavy (non-hydrogen) atoms. The molecule has 1 aliphatic heterocycles. The molecule has 3 rings (SSSR count). The summed E-state index contributed by atoms with van der Waals surface area (Å²) in [7, 11) is 0. The van der Waals surface area contributed by atoms with E-state index in [0.29, 0.717) is 12.2 Å². The summed E-state index contributed by atoms with van der Waals surface area (Å²) < 4.78 is 0. The molecule has 1 atom stereocenters. The van der Waals surface area contributed by atoms with E-state index in [0.717, 1.165) is 31.5 Å². The summed E-state index contributed by atoms with van der Waals surface area (Å²) in [5, 5.41) is 19.8. The van der Waals surface area contributed by atoms with Gasteiger partial charge in [-0.3, -0.25) is 0 Å². The molecular formula is C19H21ClN2O3. The lowest BCUT2D eigenvalue weighted by Crippen LogP contribution is -2.39. The third kappa shape index (κ3) is 4.30. The zero-order valence-electron chi connectivity index (χ0n) is 13.8. The topological polar surface area (TPSA) is 73.7 Å². The van der Waals surface area contributed by atoms with Crippen molar-refractivity contribution in [3.63, 3.8) is 0 Å². The number of carboxylic acid groups (broad SMARTS) is 1. The second kappa shape index (κ2) is 7.85. The number of aliphatic hydroxyl groups excluding tert-OH is 1. The summed E-state index contributed by atoms with van der Waals surface area (Å²) in [5.41, 5.74) is 1.02. The molecule has 0 radical (unpaired) electrons. The third-order valence-corrected chi connectivity index (χ3v) is 5.03. The first-order chi connectivity index (χ1) is 12.0. The monoisotopic (exact) mass is 360 g/mol.